The molecule has 31 heavy (non-hydrogen) atoms. The lowest BCUT2D eigenvalue weighted by molar-refractivity contribution is -0.152. The lowest BCUT2D eigenvalue weighted by atomic mass is 9.62. The van der Waals surface area contributed by atoms with Crippen LogP contribution < -0.4 is 0 Å². The Labute approximate surface area is 193 Å². The zero-order chi connectivity index (χ0) is 23.9. The first-order chi connectivity index (χ1) is 14.5. The Morgan fingerprint density at radius 2 is 1.23 bits per heavy atom. The molecule has 2 heteroatoms. The van der Waals surface area contributed by atoms with Crippen molar-refractivity contribution in [3.63, 3.8) is 0 Å². The average molecular weight is 431 g/mol. The summed E-state index contributed by atoms with van der Waals surface area (Å²) in [5.74, 6) is -0.326. The molecular weight excluding hydrogens is 380 g/mol. The fraction of sp³-hybridized carbons (Fsp3) is 0.690. The second kappa shape index (κ2) is 15.3. The quantitative estimate of drug-likeness (QED) is 0.196. The summed E-state index contributed by atoms with van der Waals surface area (Å²) in [4.78, 5) is 11.7. The van der Waals surface area contributed by atoms with Gasteiger partial charge in [-0.3, -0.25) is 4.79 Å². The molecule has 0 saturated heterocycles. The van der Waals surface area contributed by atoms with E-state index in [-0.39, 0.29) is 0 Å². The van der Waals surface area contributed by atoms with Gasteiger partial charge in [-0.1, -0.05) is 88.1 Å². The molecule has 1 unspecified atom stereocenters. The van der Waals surface area contributed by atoms with Crippen LogP contribution in [0.4, 0.5) is 0 Å². The fourth-order valence-electron chi connectivity index (χ4n) is 3.56. The standard InChI is InChI=1S/C29H50O2/c1-9-10-11-12-13-14-15-16-17-18-19-20-21-22-23-24(2)25(3)26(4)28(5,6)29(7,8)27(30)31/h13-14,17-18,21-22,24H,9-12,15-16,19-20,23H2,1-8H3,(H,30,31). The maximum atomic E-state index is 11.7. The van der Waals surface area contributed by atoms with Crippen molar-refractivity contribution in [1.82, 2.24) is 0 Å². The number of allylic oxidation sites excluding steroid dienone is 8. The van der Waals surface area contributed by atoms with Crippen molar-refractivity contribution in [2.75, 3.05) is 0 Å². The maximum absolute atomic E-state index is 11.7. The second-order valence-corrected chi connectivity index (χ2v) is 10.1. The Morgan fingerprint density at radius 1 is 0.774 bits per heavy atom. The third-order valence-corrected chi connectivity index (χ3v) is 7.33. The molecule has 0 aliphatic carbocycles. The number of hydrogen-bond acceptors (Lipinski definition) is 1. The highest BCUT2D eigenvalue weighted by Gasteiger charge is 2.45. The molecule has 0 amide bonds. The summed E-state index contributed by atoms with van der Waals surface area (Å²) in [5.41, 5.74) is 1.32. The van der Waals surface area contributed by atoms with Gasteiger partial charge in [0.2, 0.25) is 0 Å². The lowest BCUT2D eigenvalue weighted by Crippen LogP contribution is -2.41. The molecule has 0 radical (unpaired) electrons. The van der Waals surface area contributed by atoms with Crippen molar-refractivity contribution in [3.05, 3.63) is 47.6 Å². The van der Waals surface area contributed by atoms with Gasteiger partial charge < -0.3 is 5.11 Å². The van der Waals surface area contributed by atoms with Crippen LogP contribution in [0.15, 0.2) is 47.6 Å². The zero-order valence-electron chi connectivity index (χ0n) is 21.8. The molecule has 0 fully saturated rings. The molecule has 0 bridgehead atoms. The largest absolute Gasteiger partial charge is 0.481 e. The summed E-state index contributed by atoms with van der Waals surface area (Å²) in [5, 5.41) is 9.65. The van der Waals surface area contributed by atoms with Crippen molar-refractivity contribution in [2.24, 2.45) is 16.7 Å². The highest BCUT2D eigenvalue weighted by atomic mass is 16.4. The van der Waals surface area contributed by atoms with Gasteiger partial charge in [0.25, 0.3) is 0 Å². The molecule has 0 aromatic carbocycles. The van der Waals surface area contributed by atoms with E-state index in [4.69, 9.17) is 0 Å². The number of carboxylic acid groups (broad SMARTS) is 1. The van der Waals surface area contributed by atoms with Crippen LogP contribution in [-0.4, -0.2) is 11.1 Å². The maximum Gasteiger partial charge on any atom is 0.309 e. The van der Waals surface area contributed by atoms with Gasteiger partial charge in [-0.15, -0.1) is 0 Å². The van der Waals surface area contributed by atoms with Crippen molar-refractivity contribution >= 4 is 5.97 Å². The van der Waals surface area contributed by atoms with Gasteiger partial charge in [0.15, 0.2) is 0 Å². The summed E-state index contributed by atoms with van der Waals surface area (Å²) in [6.45, 7) is 16.5. The van der Waals surface area contributed by atoms with Crippen LogP contribution in [0.3, 0.4) is 0 Å². The third kappa shape index (κ3) is 10.5. The summed E-state index contributed by atoms with van der Waals surface area (Å²) < 4.78 is 0. The van der Waals surface area contributed by atoms with Crippen molar-refractivity contribution in [3.8, 4) is 0 Å². The van der Waals surface area contributed by atoms with E-state index in [9.17, 15) is 9.90 Å². The molecular formula is C29H50O2. The van der Waals surface area contributed by atoms with E-state index in [1.165, 1.54) is 36.8 Å². The Balaban J connectivity index is 4.35. The number of carboxylic acids is 1. The zero-order valence-corrected chi connectivity index (χ0v) is 21.8. The molecule has 0 aliphatic heterocycles. The molecule has 0 aromatic heterocycles. The number of carbonyl (C=O) groups is 1. The minimum absolute atomic E-state index is 0.392. The molecule has 0 aromatic rings. The SMILES string of the molecule is CCCCCC=CCCC=CCCC=CCC(C)C(C)=C(C)C(C)(C)C(C)(C)C(=O)O. The molecule has 0 rings (SSSR count). The first-order valence-electron chi connectivity index (χ1n) is 12.4. The van der Waals surface area contributed by atoms with Crippen LogP contribution in [-0.2, 0) is 4.79 Å². The smallest absolute Gasteiger partial charge is 0.309 e. The average Bonchev–Trinajstić information content (AvgIpc) is 2.72. The molecule has 178 valence electrons. The minimum atomic E-state index is -0.801. The van der Waals surface area contributed by atoms with E-state index in [1.807, 2.05) is 13.8 Å². The van der Waals surface area contributed by atoms with Gasteiger partial charge in [0.05, 0.1) is 5.41 Å². The fourth-order valence-corrected chi connectivity index (χ4v) is 3.56. The van der Waals surface area contributed by atoms with Gasteiger partial charge in [0, 0.05) is 5.41 Å². The summed E-state index contributed by atoms with van der Waals surface area (Å²) in [6.07, 6.45) is 24.4. The van der Waals surface area contributed by atoms with Crippen molar-refractivity contribution < 1.29 is 9.90 Å². The Morgan fingerprint density at radius 3 is 1.68 bits per heavy atom. The van der Waals surface area contributed by atoms with Crippen LogP contribution in [0.5, 0.6) is 0 Å². The van der Waals surface area contributed by atoms with Crippen LogP contribution in [0.1, 0.15) is 113 Å². The normalized spacial score (nSPS) is 15.2. The van der Waals surface area contributed by atoms with Crippen LogP contribution in [0.25, 0.3) is 0 Å². The van der Waals surface area contributed by atoms with Crippen molar-refractivity contribution in [1.29, 1.82) is 0 Å². The third-order valence-electron chi connectivity index (χ3n) is 7.33. The summed E-state index contributed by atoms with van der Waals surface area (Å²) in [7, 11) is 0. The molecule has 0 saturated carbocycles. The van der Waals surface area contributed by atoms with Crippen LogP contribution in [0.2, 0.25) is 0 Å². The van der Waals surface area contributed by atoms with E-state index in [0.717, 1.165) is 32.1 Å². The van der Waals surface area contributed by atoms with Crippen LogP contribution >= 0.6 is 0 Å². The van der Waals surface area contributed by atoms with E-state index in [1.54, 1.807) is 0 Å². The van der Waals surface area contributed by atoms with Crippen molar-refractivity contribution in [2.45, 2.75) is 113 Å². The summed E-state index contributed by atoms with van der Waals surface area (Å²) >= 11 is 0. The van der Waals surface area contributed by atoms with Gasteiger partial charge in [0.1, 0.15) is 0 Å². The Hall–Kier alpha value is -1.57. The summed E-state index contributed by atoms with van der Waals surface area (Å²) in [6, 6.07) is 0. The van der Waals surface area contributed by atoms with Crippen LogP contribution in [0, 0.1) is 16.7 Å². The lowest BCUT2D eigenvalue weighted by Gasteiger charge is -2.41. The van der Waals surface area contributed by atoms with E-state index < -0.39 is 16.8 Å². The molecule has 2 nitrogen and oxygen atoms in total. The first-order valence-corrected chi connectivity index (χ1v) is 12.4. The molecule has 0 spiro atoms. The molecule has 1 N–H and O–H groups in total. The Kier molecular flexibility index (Phi) is 14.5. The van der Waals surface area contributed by atoms with E-state index in [2.05, 4.69) is 78.0 Å². The molecule has 0 heterocycles. The minimum Gasteiger partial charge on any atom is -0.481 e. The topological polar surface area (TPSA) is 37.3 Å². The van der Waals surface area contributed by atoms with E-state index >= 15 is 0 Å². The predicted molar refractivity (Wildman–Crippen MR) is 137 cm³/mol. The molecule has 0 aliphatic rings. The monoisotopic (exact) mass is 430 g/mol. The molecule has 1 atom stereocenters. The van der Waals surface area contributed by atoms with Gasteiger partial charge in [-0.05, 0) is 78.6 Å². The second-order valence-electron chi connectivity index (χ2n) is 10.1. The van der Waals surface area contributed by atoms with Gasteiger partial charge in [-0.25, -0.2) is 0 Å². The Bertz CT molecular complexity index is 629. The predicted octanol–water partition coefficient (Wildman–Crippen LogP) is 9.30. The van der Waals surface area contributed by atoms with Gasteiger partial charge >= 0.3 is 5.97 Å². The van der Waals surface area contributed by atoms with E-state index in [0.29, 0.717) is 5.92 Å². The number of aliphatic carboxylic acids is 1. The highest BCUT2D eigenvalue weighted by molar-refractivity contribution is 5.75. The van der Waals surface area contributed by atoms with Gasteiger partial charge in [-0.2, -0.15) is 0 Å². The number of rotatable bonds is 16. The first kappa shape index (κ1) is 29.4. The highest BCUT2D eigenvalue weighted by Crippen LogP contribution is 2.46. The number of unbranched alkanes of at least 4 members (excludes halogenated alkanes) is 5. The number of hydrogen-bond donors (Lipinski definition) is 1.